The minimum Gasteiger partial charge on any atom is -0.271 e. The molecule has 4 heteroatoms. The van der Waals surface area contributed by atoms with E-state index in [1.165, 1.54) is 6.07 Å². The van der Waals surface area contributed by atoms with Gasteiger partial charge in [0.15, 0.2) is 0 Å². The van der Waals surface area contributed by atoms with Crippen molar-refractivity contribution in [2.45, 2.75) is 19.9 Å². The molecule has 0 radical (unpaired) electrons. The van der Waals surface area contributed by atoms with Crippen LogP contribution in [0.3, 0.4) is 0 Å². The van der Waals surface area contributed by atoms with E-state index in [4.69, 9.17) is 5.84 Å². The topological polar surface area (TPSA) is 38.0 Å². The van der Waals surface area contributed by atoms with Crippen molar-refractivity contribution in [2.75, 3.05) is 0 Å². The zero-order valence-corrected chi connectivity index (χ0v) is 12.5. The number of hydrazine groups is 1. The summed E-state index contributed by atoms with van der Waals surface area (Å²) >= 11 is 3.48. The van der Waals surface area contributed by atoms with E-state index in [0.29, 0.717) is 5.56 Å². The van der Waals surface area contributed by atoms with Crippen LogP contribution in [0.1, 0.15) is 28.3 Å². The maximum absolute atomic E-state index is 14.3. The SMILES string of the molecule is Cc1cc(C)c(C(NN)c2ccccc2Br)c(F)c1. The molecule has 0 bridgehead atoms. The van der Waals surface area contributed by atoms with Gasteiger partial charge in [0.05, 0.1) is 6.04 Å². The van der Waals surface area contributed by atoms with Gasteiger partial charge in [-0.3, -0.25) is 5.84 Å². The van der Waals surface area contributed by atoms with E-state index in [1.54, 1.807) is 0 Å². The predicted molar refractivity (Wildman–Crippen MR) is 79.2 cm³/mol. The molecule has 100 valence electrons. The van der Waals surface area contributed by atoms with Crippen molar-refractivity contribution in [1.29, 1.82) is 0 Å². The lowest BCUT2D eigenvalue weighted by Crippen LogP contribution is -2.30. The molecule has 19 heavy (non-hydrogen) atoms. The summed E-state index contributed by atoms with van der Waals surface area (Å²) in [6, 6.07) is 10.8. The van der Waals surface area contributed by atoms with E-state index in [9.17, 15) is 4.39 Å². The summed E-state index contributed by atoms with van der Waals surface area (Å²) in [6.45, 7) is 3.77. The molecule has 2 aromatic carbocycles. The fraction of sp³-hybridized carbons (Fsp3) is 0.200. The Hall–Kier alpha value is -1.23. The van der Waals surface area contributed by atoms with Crippen molar-refractivity contribution in [3.8, 4) is 0 Å². The van der Waals surface area contributed by atoms with Crippen LogP contribution >= 0.6 is 15.9 Å². The Morgan fingerprint density at radius 1 is 1.21 bits per heavy atom. The average molecular weight is 323 g/mol. The van der Waals surface area contributed by atoms with Crippen molar-refractivity contribution >= 4 is 15.9 Å². The zero-order chi connectivity index (χ0) is 14.0. The highest BCUT2D eigenvalue weighted by atomic mass is 79.9. The van der Waals surface area contributed by atoms with Gasteiger partial charge in [-0.2, -0.15) is 0 Å². The molecular weight excluding hydrogens is 307 g/mol. The Morgan fingerprint density at radius 2 is 1.89 bits per heavy atom. The summed E-state index contributed by atoms with van der Waals surface area (Å²) < 4.78 is 15.2. The normalized spacial score (nSPS) is 12.5. The van der Waals surface area contributed by atoms with Crippen molar-refractivity contribution in [2.24, 2.45) is 5.84 Å². The standard InChI is InChI=1S/C15H16BrFN2/c1-9-7-10(2)14(13(17)8-9)15(19-18)11-5-3-4-6-12(11)16/h3-8,15,19H,18H2,1-2H3. The maximum atomic E-state index is 14.3. The van der Waals surface area contributed by atoms with E-state index in [-0.39, 0.29) is 11.9 Å². The Labute approximate surface area is 120 Å². The second kappa shape index (κ2) is 5.82. The lowest BCUT2D eigenvalue weighted by molar-refractivity contribution is 0.555. The summed E-state index contributed by atoms with van der Waals surface area (Å²) in [4.78, 5) is 0. The Kier molecular flexibility index (Phi) is 4.34. The molecule has 1 atom stereocenters. The lowest BCUT2D eigenvalue weighted by Gasteiger charge is -2.21. The van der Waals surface area contributed by atoms with Crippen molar-refractivity contribution < 1.29 is 4.39 Å². The van der Waals surface area contributed by atoms with Crippen LogP contribution in [0, 0.1) is 19.7 Å². The molecule has 0 saturated heterocycles. The quantitative estimate of drug-likeness (QED) is 0.667. The third kappa shape index (κ3) is 2.86. The van der Waals surface area contributed by atoms with Crippen LogP contribution in [0.15, 0.2) is 40.9 Å². The number of hydrogen-bond donors (Lipinski definition) is 2. The Balaban J connectivity index is 2.58. The first-order chi connectivity index (χ1) is 9.04. The average Bonchev–Trinajstić information content (AvgIpc) is 2.34. The second-order valence-electron chi connectivity index (χ2n) is 4.60. The molecule has 3 N–H and O–H groups in total. The summed E-state index contributed by atoms with van der Waals surface area (Å²) in [6.07, 6.45) is 0. The highest BCUT2D eigenvalue weighted by Crippen LogP contribution is 2.31. The van der Waals surface area contributed by atoms with Gasteiger partial charge in [-0.1, -0.05) is 40.2 Å². The minimum atomic E-state index is -0.379. The van der Waals surface area contributed by atoms with E-state index in [2.05, 4.69) is 21.4 Å². The van der Waals surface area contributed by atoms with Gasteiger partial charge in [0.2, 0.25) is 0 Å². The highest BCUT2D eigenvalue weighted by Gasteiger charge is 2.21. The summed E-state index contributed by atoms with van der Waals surface area (Å²) in [7, 11) is 0. The van der Waals surface area contributed by atoms with Gasteiger partial charge < -0.3 is 0 Å². The van der Waals surface area contributed by atoms with Crippen LogP contribution in [-0.2, 0) is 0 Å². The van der Waals surface area contributed by atoms with Crippen molar-refractivity contribution in [3.05, 3.63) is 68.9 Å². The van der Waals surface area contributed by atoms with E-state index in [1.807, 2.05) is 44.2 Å². The number of nitrogens with one attached hydrogen (secondary N) is 1. The first-order valence-electron chi connectivity index (χ1n) is 6.01. The van der Waals surface area contributed by atoms with E-state index in [0.717, 1.165) is 21.2 Å². The van der Waals surface area contributed by atoms with Crippen LogP contribution in [0.2, 0.25) is 0 Å². The predicted octanol–water partition coefficient (Wildman–Crippen LogP) is 3.76. The minimum absolute atomic E-state index is 0.240. The Bertz CT molecular complexity index is 575. The molecular formula is C15H16BrFN2. The van der Waals surface area contributed by atoms with Gasteiger partial charge in [0, 0.05) is 10.0 Å². The van der Waals surface area contributed by atoms with Gasteiger partial charge in [-0.15, -0.1) is 0 Å². The van der Waals surface area contributed by atoms with Crippen LogP contribution in [0.25, 0.3) is 0 Å². The van der Waals surface area contributed by atoms with Crippen molar-refractivity contribution in [1.82, 2.24) is 5.43 Å². The monoisotopic (exact) mass is 322 g/mol. The molecule has 0 aliphatic heterocycles. The number of nitrogens with two attached hydrogens (primary N) is 1. The number of hydrogen-bond acceptors (Lipinski definition) is 2. The summed E-state index contributed by atoms with van der Waals surface area (Å²) in [5, 5.41) is 0. The van der Waals surface area contributed by atoms with Crippen LogP contribution in [0.5, 0.6) is 0 Å². The van der Waals surface area contributed by atoms with Crippen molar-refractivity contribution in [3.63, 3.8) is 0 Å². The number of halogens is 2. The van der Waals surface area contributed by atoms with Crippen LogP contribution < -0.4 is 11.3 Å². The molecule has 2 nitrogen and oxygen atoms in total. The number of aryl methyl sites for hydroxylation is 2. The summed E-state index contributed by atoms with van der Waals surface area (Å²) in [5.74, 6) is 5.40. The molecule has 0 heterocycles. The molecule has 0 fully saturated rings. The third-order valence-electron chi connectivity index (χ3n) is 3.15. The molecule has 0 saturated carbocycles. The Morgan fingerprint density at radius 3 is 2.47 bits per heavy atom. The van der Waals surface area contributed by atoms with Gasteiger partial charge in [0.1, 0.15) is 5.82 Å². The molecule has 1 unspecified atom stereocenters. The van der Waals surface area contributed by atoms with Gasteiger partial charge in [-0.25, -0.2) is 9.82 Å². The van der Waals surface area contributed by atoms with Gasteiger partial charge in [0.25, 0.3) is 0 Å². The summed E-state index contributed by atoms with van der Waals surface area (Å²) in [5.41, 5.74) is 5.99. The molecule has 0 aromatic heterocycles. The molecule has 2 aromatic rings. The van der Waals surface area contributed by atoms with Gasteiger partial charge >= 0.3 is 0 Å². The fourth-order valence-electron chi connectivity index (χ4n) is 2.33. The van der Waals surface area contributed by atoms with Crippen LogP contribution in [-0.4, -0.2) is 0 Å². The zero-order valence-electron chi connectivity index (χ0n) is 10.9. The first-order valence-corrected chi connectivity index (χ1v) is 6.81. The number of rotatable bonds is 3. The largest absolute Gasteiger partial charge is 0.271 e. The smallest absolute Gasteiger partial charge is 0.128 e. The van der Waals surface area contributed by atoms with Crippen LogP contribution in [0.4, 0.5) is 4.39 Å². The maximum Gasteiger partial charge on any atom is 0.128 e. The van der Waals surface area contributed by atoms with E-state index >= 15 is 0 Å². The molecule has 0 aliphatic carbocycles. The fourth-order valence-corrected chi connectivity index (χ4v) is 2.84. The lowest BCUT2D eigenvalue weighted by atomic mass is 9.93. The number of benzene rings is 2. The first kappa shape index (κ1) is 14.2. The molecule has 0 aliphatic rings. The van der Waals surface area contributed by atoms with E-state index < -0.39 is 0 Å². The third-order valence-corrected chi connectivity index (χ3v) is 3.87. The molecule has 0 spiro atoms. The molecule has 0 amide bonds. The van der Waals surface area contributed by atoms with Gasteiger partial charge in [-0.05, 0) is 42.7 Å². The highest BCUT2D eigenvalue weighted by molar-refractivity contribution is 9.10. The second-order valence-corrected chi connectivity index (χ2v) is 5.45. The molecule has 2 rings (SSSR count).